The highest BCUT2D eigenvalue weighted by atomic mass is 35.5. The number of hydrogen-bond acceptors (Lipinski definition) is 3. The monoisotopic (exact) mass is 383 g/mol. The quantitative estimate of drug-likeness (QED) is 0.559. The van der Waals surface area contributed by atoms with Crippen LogP contribution in [0.25, 0.3) is 11.0 Å². The second-order valence-electron chi connectivity index (χ2n) is 7.10. The molecule has 1 saturated heterocycles. The number of rotatable bonds is 8. The summed E-state index contributed by atoms with van der Waals surface area (Å²) in [4.78, 5) is 7.45. The van der Waals surface area contributed by atoms with Gasteiger partial charge in [0, 0.05) is 6.42 Å². The van der Waals surface area contributed by atoms with E-state index in [2.05, 4.69) is 27.7 Å². The first-order valence-electron chi connectivity index (χ1n) is 9.85. The number of hydrogen-bond donors (Lipinski definition) is 0. The lowest BCUT2D eigenvalue weighted by atomic mass is 10.2. The zero-order chi connectivity index (χ0) is 18.5. The summed E-state index contributed by atoms with van der Waals surface area (Å²) in [6.45, 7) is 5.01. The molecule has 2 aromatic carbocycles. The van der Waals surface area contributed by atoms with Gasteiger partial charge in [0.15, 0.2) is 0 Å². The fourth-order valence-electron chi connectivity index (χ4n) is 3.84. The Morgan fingerprint density at radius 2 is 1.74 bits per heavy atom. The Morgan fingerprint density at radius 3 is 2.59 bits per heavy atom. The minimum absolute atomic E-state index is 0.573. The third kappa shape index (κ3) is 4.45. The topological polar surface area (TPSA) is 30.3 Å². The second-order valence-corrected chi connectivity index (χ2v) is 7.51. The van der Waals surface area contributed by atoms with Gasteiger partial charge in [-0.3, -0.25) is 0 Å². The Kier molecular flexibility index (Phi) is 5.95. The van der Waals surface area contributed by atoms with Crippen LogP contribution in [-0.4, -0.2) is 40.7 Å². The summed E-state index contributed by atoms with van der Waals surface area (Å²) in [5.41, 5.74) is 2.24. The highest BCUT2D eigenvalue weighted by Crippen LogP contribution is 2.23. The van der Waals surface area contributed by atoms with E-state index in [0.717, 1.165) is 36.5 Å². The van der Waals surface area contributed by atoms with Gasteiger partial charge in [0.1, 0.15) is 18.2 Å². The summed E-state index contributed by atoms with van der Waals surface area (Å²) in [7, 11) is 0. The van der Waals surface area contributed by atoms with Gasteiger partial charge in [-0.1, -0.05) is 35.9 Å². The van der Waals surface area contributed by atoms with Crippen molar-refractivity contribution < 1.29 is 4.74 Å². The van der Waals surface area contributed by atoms with Gasteiger partial charge in [-0.25, -0.2) is 4.98 Å². The lowest BCUT2D eigenvalue weighted by molar-refractivity contribution is 0.297. The average Bonchev–Trinajstić information content (AvgIpc) is 3.32. The van der Waals surface area contributed by atoms with Gasteiger partial charge in [-0.2, -0.15) is 0 Å². The number of para-hydroxylation sites is 3. The number of aromatic nitrogens is 2. The minimum atomic E-state index is 0.573. The molecule has 0 aliphatic carbocycles. The van der Waals surface area contributed by atoms with E-state index in [0.29, 0.717) is 11.6 Å². The molecule has 4 rings (SSSR count). The first-order chi connectivity index (χ1) is 13.3. The number of fused-ring (bicyclic) bond motifs is 1. The zero-order valence-electron chi connectivity index (χ0n) is 15.6. The fraction of sp³-hybridized carbons (Fsp3) is 0.409. The molecule has 27 heavy (non-hydrogen) atoms. The summed E-state index contributed by atoms with van der Waals surface area (Å²) < 4.78 is 8.21. The number of halogens is 1. The number of benzene rings is 2. The van der Waals surface area contributed by atoms with E-state index in [1.807, 2.05) is 30.3 Å². The van der Waals surface area contributed by atoms with E-state index in [9.17, 15) is 0 Å². The molecule has 5 heteroatoms. The normalized spacial score (nSPS) is 14.9. The first-order valence-corrected chi connectivity index (χ1v) is 10.2. The van der Waals surface area contributed by atoms with Crippen molar-refractivity contribution in [2.75, 3.05) is 26.2 Å². The summed E-state index contributed by atoms with van der Waals surface area (Å²) in [6.07, 6.45) is 4.84. The van der Waals surface area contributed by atoms with E-state index >= 15 is 0 Å². The molecular weight excluding hydrogens is 358 g/mol. The Labute approximate surface area is 165 Å². The van der Waals surface area contributed by atoms with Crippen molar-refractivity contribution in [2.24, 2.45) is 0 Å². The van der Waals surface area contributed by atoms with Crippen LogP contribution in [0.1, 0.15) is 25.1 Å². The number of ether oxygens (including phenoxy) is 1. The standard InChI is InChI=1S/C22H26ClN3O/c23-18-8-1-4-11-21(18)27-17-16-26-20-10-3-2-9-19(20)24-22(26)12-7-15-25-13-5-6-14-25/h1-4,8-11H,5-7,12-17H2. The third-order valence-corrected chi connectivity index (χ3v) is 5.53. The Bertz CT molecular complexity index is 886. The molecule has 1 aliphatic heterocycles. The highest BCUT2D eigenvalue weighted by molar-refractivity contribution is 6.32. The highest BCUT2D eigenvalue weighted by Gasteiger charge is 2.14. The number of aryl methyl sites for hydroxylation is 1. The van der Waals surface area contributed by atoms with Crippen LogP contribution in [-0.2, 0) is 13.0 Å². The molecule has 0 radical (unpaired) electrons. The van der Waals surface area contributed by atoms with E-state index in [-0.39, 0.29) is 0 Å². The first kappa shape index (κ1) is 18.3. The maximum Gasteiger partial charge on any atom is 0.137 e. The van der Waals surface area contributed by atoms with Crippen molar-refractivity contribution in [1.82, 2.24) is 14.5 Å². The predicted molar refractivity (Wildman–Crippen MR) is 111 cm³/mol. The van der Waals surface area contributed by atoms with Crippen LogP contribution in [0.4, 0.5) is 0 Å². The molecule has 0 N–H and O–H groups in total. The van der Waals surface area contributed by atoms with Crippen LogP contribution >= 0.6 is 11.6 Å². The summed E-state index contributed by atoms with van der Waals surface area (Å²) in [5, 5.41) is 0.652. The van der Waals surface area contributed by atoms with Crippen molar-refractivity contribution in [3.63, 3.8) is 0 Å². The maximum atomic E-state index is 6.19. The number of imidazole rings is 1. The molecule has 0 saturated carbocycles. The Hall–Kier alpha value is -2.04. The van der Waals surface area contributed by atoms with Gasteiger partial charge in [-0.05, 0) is 63.2 Å². The van der Waals surface area contributed by atoms with Crippen LogP contribution in [0, 0.1) is 0 Å². The molecule has 0 atom stereocenters. The molecule has 3 aromatic rings. The van der Waals surface area contributed by atoms with Crippen molar-refractivity contribution in [3.05, 3.63) is 59.4 Å². The van der Waals surface area contributed by atoms with Crippen LogP contribution in [0.3, 0.4) is 0 Å². The van der Waals surface area contributed by atoms with Gasteiger partial charge < -0.3 is 14.2 Å². The molecule has 0 spiro atoms. The summed E-state index contributed by atoms with van der Waals surface area (Å²) in [5.74, 6) is 1.89. The Balaban J connectivity index is 1.43. The van der Waals surface area contributed by atoms with Crippen LogP contribution in [0.5, 0.6) is 5.75 Å². The van der Waals surface area contributed by atoms with Crippen molar-refractivity contribution in [2.45, 2.75) is 32.2 Å². The molecule has 2 heterocycles. The van der Waals surface area contributed by atoms with Crippen LogP contribution in [0.15, 0.2) is 48.5 Å². The molecule has 4 nitrogen and oxygen atoms in total. The molecule has 1 fully saturated rings. The molecule has 0 amide bonds. The van der Waals surface area contributed by atoms with Crippen molar-refractivity contribution >= 4 is 22.6 Å². The lowest BCUT2D eigenvalue weighted by Crippen LogP contribution is -2.21. The second kappa shape index (κ2) is 8.77. The van der Waals surface area contributed by atoms with E-state index in [1.165, 1.54) is 38.0 Å². The van der Waals surface area contributed by atoms with Gasteiger partial charge in [0.05, 0.1) is 22.6 Å². The van der Waals surface area contributed by atoms with E-state index in [4.69, 9.17) is 21.3 Å². The predicted octanol–water partition coefficient (Wildman–Crippen LogP) is 4.80. The average molecular weight is 384 g/mol. The summed E-state index contributed by atoms with van der Waals surface area (Å²) in [6, 6.07) is 16.0. The van der Waals surface area contributed by atoms with Gasteiger partial charge in [0.2, 0.25) is 0 Å². The smallest absolute Gasteiger partial charge is 0.137 e. The van der Waals surface area contributed by atoms with Gasteiger partial charge >= 0.3 is 0 Å². The van der Waals surface area contributed by atoms with E-state index in [1.54, 1.807) is 0 Å². The molecule has 0 bridgehead atoms. The largest absolute Gasteiger partial charge is 0.490 e. The van der Waals surface area contributed by atoms with Gasteiger partial charge in [0.25, 0.3) is 0 Å². The summed E-state index contributed by atoms with van der Waals surface area (Å²) >= 11 is 6.19. The number of nitrogens with zero attached hydrogens (tertiary/aromatic N) is 3. The van der Waals surface area contributed by atoms with Crippen LogP contribution < -0.4 is 4.74 Å². The van der Waals surface area contributed by atoms with Crippen molar-refractivity contribution in [1.29, 1.82) is 0 Å². The van der Waals surface area contributed by atoms with Crippen molar-refractivity contribution in [3.8, 4) is 5.75 Å². The maximum absolute atomic E-state index is 6.19. The molecule has 1 aromatic heterocycles. The lowest BCUT2D eigenvalue weighted by Gasteiger charge is -2.15. The third-order valence-electron chi connectivity index (χ3n) is 5.22. The molecule has 1 aliphatic rings. The fourth-order valence-corrected chi connectivity index (χ4v) is 4.03. The number of likely N-dealkylation sites (tertiary alicyclic amines) is 1. The molecule has 0 unspecified atom stereocenters. The SMILES string of the molecule is Clc1ccccc1OCCn1c(CCCN2CCCC2)nc2ccccc21. The minimum Gasteiger partial charge on any atom is -0.490 e. The zero-order valence-corrected chi connectivity index (χ0v) is 16.4. The molecule has 142 valence electrons. The van der Waals surface area contributed by atoms with Gasteiger partial charge in [-0.15, -0.1) is 0 Å². The molecular formula is C22H26ClN3O. The van der Waals surface area contributed by atoms with E-state index < -0.39 is 0 Å². The van der Waals surface area contributed by atoms with Crippen LogP contribution in [0.2, 0.25) is 5.02 Å². The Morgan fingerprint density at radius 1 is 0.963 bits per heavy atom.